The summed E-state index contributed by atoms with van der Waals surface area (Å²) in [6.45, 7) is 4.26. The van der Waals surface area contributed by atoms with Crippen molar-refractivity contribution in [1.82, 2.24) is 0 Å². The summed E-state index contributed by atoms with van der Waals surface area (Å²) < 4.78 is 0. The number of anilines is 3. The molecule has 0 aromatic heterocycles. The summed E-state index contributed by atoms with van der Waals surface area (Å²) in [5.41, 5.74) is 16.1. The van der Waals surface area contributed by atoms with Gasteiger partial charge < -0.3 is 22.1 Å². The van der Waals surface area contributed by atoms with Crippen LogP contribution < -0.4 is 22.1 Å². The molecule has 6 N–H and O–H groups in total. The molecule has 6 heteroatoms. The smallest absolute Gasteiger partial charge is 0.248 e. The van der Waals surface area contributed by atoms with E-state index in [1.54, 1.807) is 30.3 Å². The fraction of sp³-hybridized carbons (Fsp3) is 0.154. The lowest BCUT2D eigenvalue weighted by Crippen LogP contribution is -2.27. The Bertz CT molecular complexity index is 1100. The molecule has 3 rings (SSSR count). The van der Waals surface area contributed by atoms with E-state index >= 15 is 0 Å². The summed E-state index contributed by atoms with van der Waals surface area (Å²) in [6.07, 6.45) is 3.12. The first kappa shape index (κ1) is 22.6. The second-order valence-corrected chi connectivity index (χ2v) is 7.83. The fourth-order valence-corrected chi connectivity index (χ4v) is 3.21. The summed E-state index contributed by atoms with van der Waals surface area (Å²) in [5, 5.41) is 5.94. The highest BCUT2D eigenvalue weighted by molar-refractivity contribution is 6.03. The Kier molecular flexibility index (Phi) is 7.29. The van der Waals surface area contributed by atoms with Crippen LogP contribution in [-0.4, -0.2) is 11.8 Å². The van der Waals surface area contributed by atoms with Crippen LogP contribution in [-0.2, 0) is 9.59 Å². The van der Waals surface area contributed by atoms with Crippen molar-refractivity contribution in [2.75, 3.05) is 16.4 Å². The molecular formula is C26H28N4O2. The first-order valence-corrected chi connectivity index (χ1v) is 10.4. The minimum Gasteiger partial charge on any atom is -0.397 e. The van der Waals surface area contributed by atoms with Gasteiger partial charge in [-0.3, -0.25) is 9.59 Å². The molecule has 2 amide bonds. The number of hydrogen-bond acceptors (Lipinski definition) is 4. The van der Waals surface area contributed by atoms with Crippen molar-refractivity contribution in [1.29, 1.82) is 0 Å². The Morgan fingerprint density at radius 2 is 1.50 bits per heavy atom. The second-order valence-electron chi connectivity index (χ2n) is 7.83. The summed E-state index contributed by atoms with van der Waals surface area (Å²) >= 11 is 0. The first-order chi connectivity index (χ1) is 15.3. The van der Waals surface area contributed by atoms with Crippen LogP contribution in [0.5, 0.6) is 0 Å². The largest absolute Gasteiger partial charge is 0.397 e. The predicted molar refractivity (Wildman–Crippen MR) is 131 cm³/mol. The summed E-state index contributed by atoms with van der Waals surface area (Å²) in [4.78, 5) is 24.2. The number of rotatable bonds is 8. The Balaban J connectivity index is 1.66. The van der Waals surface area contributed by atoms with E-state index in [1.165, 1.54) is 11.6 Å². The van der Waals surface area contributed by atoms with Crippen molar-refractivity contribution in [2.45, 2.75) is 25.8 Å². The van der Waals surface area contributed by atoms with E-state index in [4.69, 9.17) is 11.5 Å². The van der Waals surface area contributed by atoms with Crippen molar-refractivity contribution in [3.8, 4) is 0 Å². The first-order valence-electron chi connectivity index (χ1n) is 10.4. The maximum Gasteiger partial charge on any atom is 0.248 e. The summed E-state index contributed by atoms with van der Waals surface area (Å²) in [6, 6.07) is 21.7. The minimum atomic E-state index is -0.665. The molecule has 0 bridgehead atoms. The number of nitrogen functional groups attached to an aromatic ring is 1. The van der Waals surface area contributed by atoms with Crippen molar-refractivity contribution >= 4 is 35.0 Å². The lowest BCUT2D eigenvalue weighted by molar-refractivity contribution is -0.118. The highest BCUT2D eigenvalue weighted by Gasteiger charge is 2.17. The van der Waals surface area contributed by atoms with Gasteiger partial charge in [-0.05, 0) is 52.9 Å². The van der Waals surface area contributed by atoms with Gasteiger partial charge in [-0.2, -0.15) is 0 Å². The molecule has 3 aromatic rings. The highest BCUT2D eigenvalue weighted by Crippen LogP contribution is 2.23. The van der Waals surface area contributed by atoms with Gasteiger partial charge >= 0.3 is 0 Å². The van der Waals surface area contributed by atoms with E-state index in [9.17, 15) is 9.59 Å². The van der Waals surface area contributed by atoms with Gasteiger partial charge in [0.1, 0.15) is 6.04 Å². The highest BCUT2D eigenvalue weighted by atomic mass is 16.2. The molecule has 1 atom stereocenters. The Morgan fingerprint density at radius 1 is 0.875 bits per heavy atom. The average molecular weight is 429 g/mol. The monoisotopic (exact) mass is 428 g/mol. The van der Waals surface area contributed by atoms with Crippen LogP contribution in [0.4, 0.5) is 17.1 Å². The molecule has 3 aromatic carbocycles. The molecule has 0 saturated carbocycles. The number of primary amides is 1. The number of amides is 2. The van der Waals surface area contributed by atoms with Crippen molar-refractivity contribution < 1.29 is 9.59 Å². The molecule has 32 heavy (non-hydrogen) atoms. The van der Waals surface area contributed by atoms with Crippen LogP contribution in [0.15, 0.2) is 78.9 Å². The third kappa shape index (κ3) is 5.98. The van der Waals surface area contributed by atoms with Crippen LogP contribution in [0.3, 0.4) is 0 Å². The van der Waals surface area contributed by atoms with Gasteiger partial charge in [0.25, 0.3) is 0 Å². The van der Waals surface area contributed by atoms with Crippen LogP contribution >= 0.6 is 0 Å². The molecule has 1 unspecified atom stereocenters. The average Bonchev–Trinajstić information content (AvgIpc) is 2.78. The molecule has 0 heterocycles. The summed E-state index contributed by atoms with van der Waals surface area (Å²) in [7, 11) is 0. The van der Waals surface area contributed by atoms with Crippen molar-refractivity contribution in [3.63, 3.8) is 0 Å². The Labute approximate surface area is 188 Å². The number of carbonyl (C=O) groups is 2. The zero-order valence-corrected chi connectivity index (χ0v) is 18.2. The van der Waals surface area contributed by atoms with E-state index in [0.717, 1.165) is 16.8 Å². The third-order valence-electron chi connectivity index (χ3n) is 5.09. The predicted octanol–water partition coefficient (Wildman–Crippen LogP) is 4.68. The van der Waals surface area contributed by atoms with E-state index in [0.29, 0.717) is 17.3 Å². The molecule has 0 saturated heterocycles. The number of carbonyl (C=O) groups excluding carboxylic acids is 2. The molecule has 0 fully saturated rings. The fourth-order valence-electron chi connectivity index (χ4n) is 3.21. The Morgan fingerprint density at radius 3 is 2.09 bits per heavy atom. The van der Waals surface area contributed by atoms with Gasteiger partial charge in [0.05, 0.1) is 11.4 Å². The molecule has 0 aliphatic carbocycles. The topological polar surface area (TPSA) is 110 Å². The van der Waals surface area contributed by atoms with Crippen LogP contribution in [0.2, 0.25) is 0 Å². The van der Waals surface area contributed by atoms with Gasteiger partial charge in [0.2, 0.25) is 11.8 Å². The maximum absolute atomic E-state index is 12.1. The Hall–Kier alpha value is -4.06. The van der Waals surface area contributed by atoms with Gasteiger partial charge in [-0.1, -0.05) is 62.4 Å². The SMILES string of the molecule is CC(C)c1ccc(NC(C(N)=O)c2ccc(/C=C/C(=O)Nc3ccccc3N)cc2)cc1. The van der Waals surface area contributed by atoms with Gasteiger partial charge in [-0.25, -0.2) is 0 Å². The van der Waals surface area contributed by atoms with Crippen LogP contribution in [0.25, 0.3) is 6.08 Å². The zero-order chi connectivity index (χ0) is 23.1. The standard InChI is InChI=1S/C26H28N4O2/c1-17(2)19-12-14-21(15-13-19)29-25(26(28)32)20-10-7-18(8-11-20)9-16-24(31)30-23-6-4-3-5-22(23)27/h3-17,25,29H,27H2,1-2H3,(H2,28,32)(H,30,31)/b16-9+. The van der Waals surface area contributed by atoms with Gasteiger partial charge in [-0.15, -0.1) is 0 Å². The van der Waals surface area contributed by atoms with Crippen LogP contribution in [0, 0.1) is 0 Å². The molecule has 0 aliphatic heterocycles. The maximum atomic E-state index is 12.1. The molecule has 0 spiro atoms. The second kappa shape index (κ2) is 10.3. The number of benzene rings is 3. The number of para-hydroxylation sites is 2. The molecule has 0 aliphatic rings. The summed E-state index contributed by atoms with van der Waals surface area (Å²) in [5.74, 6) is -0.321. The normalized spacial score (nSPS) is 12.0. The zero-order valence-electron chi connectivity index (χ0n) is 18.2. The molecule has 164 valence electrons. The molecular weight excluding hydrogens is 400 g/mol. The molecule has 6 nitrogen and oxygen atoms in total. The quantitative estimate of drug-likeness (QED) is 0.308. The van der Waals surface area contributed by atoms with E-state index in [2.05, 4.69) is 24.5 Å². The van der Waals surface area contributed by atoms with Crippen molar-refractivity contribution in [3.05, 3.63) is 95.6 Å². The number of hydrogen-bond donors (Lipinski definition) is 4. The van der Waals surface area contributed by atoms with Crippen molar-refractivity contribution in [2.24, 2.45) is 5.73 Å². The van der Waals surface area contributed by atoms with Gasteiger partial charge in [0, 0.05) is 11.8 Å². The van der Waals surface area contributed by atoms with E-state index in [-0.39, 0.29) is 5.91 Å². The van der Waals surface area contributed by atoms with Crippen LogP contribution in [0.1, 0.15) is 42.5 Å². The lowest BCUT2D eigenvalue weighted by Gasteiger charge is -2.18. The number of nitrogens with one attached hydrogen (secondary N) is 2. The van der Waals surface area contributed by atoms with Gasteiger partial charge in [0.15, 0.2) is 0 Å². The lowest BCUT2D eigenvalue weighted by atomic mass is 10.0. The molecule has 0 radical (unpaired) electrons. The number of nitrogens with two attached hydrogens (primary N) is 2. The van der Waals surface area contributed by atoms with E-state index < -0.39 is 11.9 Å². The van der Waals surface area contributed by atoms with E-state index in [1.807, 2.05) is 48.5 Å². The third-order valence-corrected chi connectivity index (χ3v) is 5.09. The minimum absolute atomic E-state index is 0.284.